The van der Waals surface area contributed by atoms with Crippen molar-refractivity contribution in [3.05, 3.63) is 47.0 Å². The first kappa shape index (κ1) is 19.6. The van der Waals surface area contributed by atoms with Crippen LogP contribution in [0.4, 0.5) is 0 Å². The van der Waals surface area contributed by atoms with Crippen molar-refractivity contribution in [2.75, 3.05) is 0 Å². The third kappa shape index (κ3) is 5.92. The molecule has 0 unspecified atom stereocenters. The molecule has 26 heavy (non-hydrogen) atoms. The third-order valence-corrected chi connectivity index (χ3v) is 6.84. The van der Waals surface area contributed by atoms with E-state index in [4.69, 9.17) is 11.6 Å². The van der Waals surface area contributed by atoms with Crippen LogP contribution in [0.3, 0.4) is 0 Å². The molecule has 2 fully saturated rings. The van der Waals surface area contributed by atoms with Crippen LogP contribution in [0.25, 0.3) is 0 Å². The first-order valence-corrected chi connectivity index (χ1v) is 11.1. The van der Waals surface area contributed by atoms with E-state index in [2.05, 4.69) is 30.9 Å². The molecule has 140 valence electrons. The van der Waals surface area contributed by atoms with Gasteiger partial charge < -0.3 is 0 Å². The van der Waals surface area contributed by atoms with Gasteiger partial charge >= 0.3 is 0 Å². The van der Waals surface area contributed by atoms with E-state index in [9.17, 15) is 0 Å². The van der Waals surface area contributed by atoms with Gasteiger partial charge in [0.25, 0.3) is 0 Å². The van der Waals surface area contributed by atoms with Crippen LogP contribution in [0.5, 0.6) is 0 Å². The van der Waals surface area contributed by atoms with Crippen molar-refractivity contribution in [2.45, 2.75) is 71.1 Å². The molecule has 3 rings (SSSR count). The number of allylic oxidation sites excluding steroid dienone is 2. The van der Waals surface area contributed by atoms with Gasteiger partial charge in [0.2, 0.25) is 0 Å². The van der Waals surface area contributed by atoms with Crippen molar-refractivity contribution in [3.63, 3.8) is 0 Å². The average Bonchev–Trinajstić information content (AvgIpc) is 2.68. The largest absolute Gasteiger partial charge is 0.0843 e. The number of halogens is 1. The maximum absolute atomic E-state index is 5.90. The van der Waals surface area contributed by atoms with Crippen LogP contribution in [-0.4, -0.2) is 0 Å². The number of rotatable bonds is 4. The van der Waals surface area contributed by atoms with E-state index in [-0.39, 0.29) is 0 Å². The highest BCUT2D eigenvalue weighted by Gasteiger charge is 2.29. The van der Waals surface area contributed by atoms with Gasteiger partial charge in [-0.1, -0.05) is 62.1 Å². The molecule has 0 heterocycles. The number of hydrogen-bond donors (Lipinski definition) is 0. The van der Waals surface area contributed by atoms with Crippen LogP contribution < -0.4 is 0 Å². The second-order valence-electron chi connectivity index (χ2n) is 8.38. The minimum Gasteiger partial charge on any atom is -0.0843 e. The molecular weight excluding hydrogens is 336 g/mol. The number of benzene rings is 1. The zero-order chi connectivity index (χ0) is 18.2. The summed E-state index contributed by atoms with van der Waals surface area (Å²) in [4.78, 5) is 0. The molecule has 0 bridgehead atoms. The van der Waals surface area contributed by atoms with E-state index in [1.54, 1.807) is 0 Å². The van der Waals surface area contributed by atoms with Crippen LogP contribution in [0.15, 0.2) is 36.4 Å². The van der Waals surface area contributed by atoms with E-state index < -0.39 is 0 Å². The first-order chi connectivity index (χ1) is 12.7. The van der Waals surface area contributed by atoms with E-state index in [1.807, 2.05) is 24.3 Å². The maximum atomic E-state index is 5.90. The van der Waals surface area contributed by atoms with E-state index in [0.29, 0.717) is 0 Å². The predicted molar refractivity (Wildman–Crippen MR) is 113 cm³/mol. The second-order valence-corrected chi connectivity index (χ2v) is 8.82. The minimum atomic E-state index is 0.738. The maximum Gasteiger partial charge on any atom is 0.0406 e. The summed E-state index contributed by atoms with van der Waals surface area (Å²) in [6.07, 6.45) is 18.8. The molecule has 0 atom stereocenters. The first-order valence-electron chi connectivity index (χ1n) is 10.7. The lowest BCUT2D eigenvalue weighted by Crippen LogP contribution is -2.25. The van der Waals surface area contributed by atoms with Gasteiger partial charge in [-0.15, -0.1) is 0 Å². The Morgan fingerprint density at radius 1 is 0.923 bits per heavy atom. The van der Waals surface area contributed by atoms with Gasteiger partial charge in [0.05, 0.1) is 0 Å². The second kappa shape index (κ2) is 10.2. The average molecular weight is 369 g/mol. The van der Waals surface area contributed by atoms with Gasteiger partial charge in [-0.25, -0.2) is 0 Å². The fraction of sp³-hybridized carbons (Fsp3) is 0.600. The molecule has 0 amide bonds. The van der Waals surface area contributed by atoms with Gasteiger partial charge in [0.1, 0.15) is 0 Å². The quantitative estimate of drug-likeness (QED) is 0.478. The Morgan fingerprint density at radius 2 is 1.54 bits per heavy atom. The summed E-state index contributed by atoms with van der Waals surface area (Å²) < 4.78 is 0. The normalized spacial score (nSPS) is 29.3. The Hall–Kier alpha value is -1.19. The zero-order valence-corrected chi connectivity index (χ0v) is 17.0. The molecule has 0 aromatic heterocycles. The lowest BCUT2D eigenvalue weighted by atomic mass is 9.69. The summed E-state index contributed by atoms with van der Waals surface area (Å²) in [6, 6.07) is 7.74. The molecule has 2 aliphatic carbocycles. The summed E-state index contributed by atoms with van der Waals surface area (Å²) in [5.74, 6) is 10.2. The SMILES string of the molecule is CCC[C@H]1CC[C@H](C2CCC(/C=C/C#Cc3ccc(Cl)cc3)CC2)CC1. The molecule has 0 saturated heterocycles. The Labute approximate surface area is 165 Å². The van der Waals surface area contributed by atoms with Crippen molar-refractivity contribution in [2.24, 2.45) is 23.7 Å². The van der Waals surface area contributed by atoms with Gasteiger partial charge in [-0.05, 0) is 92.5 Å². The van der Waals surface area contributed by atoms with Crippen molar-refractivity contribution in [1.29, 1.82) is 0 Å². The van der Waals surface area contributed by atoms with Crippen LogP contribution >= 0.6 is 11.6 Å². The molecule has 1 aromatic rings. The predicted octanol–water partition coefficient (Wildman–Crippen LogP) is 7.66. The molecule has 0 spiro atoms. The molecule has 2 aliphatic rings. The van der Waals surface area contributed by atoms with Crippen molar-refractivity contribution in [1.82, 2.24) is 0 Å². The van der Waals surface area contributed by atoms with Crippen LogP contribution in [0.1, 0.15) is 76.7 Å². The molecule has 1 aromatic carbocycles. The zero-order valence-electron chi connectivity index (χ0n) is 16.2. The smallest absolute Gasteiger partial charge is 0.0406 e. The molecule has 2 saturated carbocycles. The topological polar surface area (TPSA) is 0 Å². The van der Waals surface area contributed by atoms with Gasteiger partial charge in [-0.3, -0.25) is 0 Å². The molecular formula is C25H33Cl. The number of hydrogen-bond acceptors (Lipinski definition) is 0. The summed E-state index contributed by atoms with van der Waals surface area (Å²) in [5.41, 5.74) is 1.03. The van der Waals surface area contributed by atoms with E-state index in [1.165, 1.54) is 64.2 Å². The van der Waals surface area contributed by atoms with Crippen molar-refractivity contribution < 1.29 is 0 Å². The van der Waals surface area contributed by atoms with Crippen molar-refractivity contribution >= 4 is 11.6 Å². The molecule has 1 heteroatoms. The molecule has 0 aliphatic heterocycles. The molecule has 0 radical (unpaired) electrons. The highest BCUT2D eigenvalue weighted by atomic mass is 35.5. The Kier molecular flexibility index (Phi) is 7.69. The molecule has 0 N–H and O–H groups in total. The fourth-order valence-electron chi connectivity index (χ4n) is 5.01. The van der Waals surface area contributed by atoms with E-state index >= 15 is 0 Å². The monoisotopic (exact) mass is 368 g/mol. The third-order valence-electron chi connectivity index (χ3n) is 6.58. The van der Waals surface area contributed by atoms with Crippen LogP contribution in [0, 0.1) is 35.5 Å². The van der Waals surface area contributed by atoms with E-state index in [0.717, 1.165) is 34.3 Å². The minimum absolute atomic E-state index is 0.738. The summed E-state index contributed by atoms with van der Waals surface area (Å²) in [5, 5.41) is 0.765. The Balaban J connectivity index is 1.39. The van der Waals surface area contributed by atoms with Crippen LogP contribution in [0.2, 0.25) is 5.02 Å². The summed E-state index contributed by atoms with van der Waals surface area (Å²) >= 11 is 5.90. The molecule has 0 nitrogen and oxygen atoms in total. The van der Waals surface area contributed by atoms with Gasteiger partial charge in [-0.2, -0.15) is 0 Å². The Morgan fingerprint density at radius 3 is 2.15 bits per heavy atom. The lowest BCUT2D eigenvalue weighted by molar-refractivity contribution is 0.152. The fourth-order valence-corrected chi connectivity index (χ4v) is 5.13. The highest BCUT2D eigenvalue weighted by Crippen LogP contribution is 2.42. The highest BCUT2D eigenvalue weighted by molar-refractivity contribution is 6.30. The summed E-state index contributed by atoms with van der Waals surface area (Å²) in [7, 11) is 0. The lowest BCUT2D eigenvalue weighted by Gasteiger charge is -2.37. The van der Waals surface area contributed by atoms with Crippen molar-refractivity contribution in [3.8, 4) is 11.8 Å². The van der Waals surface area contributed by atoms with Gasteiger partial charge in [0.15, 0.2) is 0 Å². The standard InChI is InChI=1S/C25H33Cl/c1-2-5-20-8-14-23(15-9-20)24-16-10-21(11-17-24)6-3-4-7-22-12-18-25(26)19-13-22/h3,6,12-13,18-21,23-24H,2,5,8-11,14-17H2,1H3/b6-3+/t20-,21?,23-,24?. The van der Waals surface area contributed by atoms with Gasteiger partial charge in [0, 0.05) is 10.6 Å². The Bertz CT molecular complexity index is 614. The van der Waals surface area contributed by atoms with Crippen LogP contribution in [-0.2, 0) is 0 Å². The summed E-state index contributed by atoms with van der Waals surface area (Å²) in [6.45, 7) is 2.33.